The topological polar surface area (TPSA) is 66.5 Å². The largest absolute Gasteiger partial charge is 0.324 e. The first-order valence-electron chi connectivity index (χ1n) is 9.19. The number of hydrogen-bond donors (Lipinski definition) is 1. The van der Waals surface area contributed by atoms with Crippen molar-refractivity contribution < 1.29 is 14.4 Å². The standard InChI is InChI=1S/C22H24N2O3S/c1-13-11-14(2)19(15(3)12-13)23-20(25)18(9-10-28-4)24-21(26)16-7-5-6-8-17(16)22(24)27/h5-8,11-12,18H,9-10H2,1-4H3,(H,23,25)/t18-/m0/s1. The van der Waals surface area contributed by atoms with Gasteiger partial charge in [-0.1, -0.05) is 29.8 Å². The van der Waals surface area contributed by atoms with E-state index in [1.54, 1.807) is 36.0 Å². The van der Waals surface area contributed by atoms with Crippen LogP contribution in [-0.4, -0.2) is 40.7 Å². The van der Waals surface area contributed by atoms with E-state index in [0.717, 1.165) is 27.3 Å². The van der Waals surface area contributed by atoms with Crippen molar-refractivity contribution in [2.45, 2.75) is 33.2 Å². The highest BCUT2D eigenvalue weighted by Crippen LogP contribution is 2.28. The van der Waals surface area contributed by atoms with Crippen LogP contribution in [0.2, 0.25) is 0 Å². The third-order valence-electron chi connectivity index (χ3n) is 4.96. The van der Waals surface area contributed by atoms with Crippen LogP contribution in [0.25, 0.3) is 0 Å². The van der Waals surface area contributed by atoms with Gasteiger partial charge in [-0.25, -0.2) is 0 Å². The van der Waals surface area contributed by atoms with Gasteiger partial charge in [0.15, 0.2) is 0 Å². The lowest BCUT2D eigenvalue weighted by Crippen LogP contribution is -2.47. The van der Waals surface area contributed by atoms with Crippen molar-refractivity contribution in [2.75, 3.05) is 17.3 Å². The third-order valence-corrected chi connectivity index (χ3v) is 5.60. The van der Waals surface area contributed by atoms with E-state index in [1.165, 1.54) is 0 Å². The summed E-state index contributed by atoms with van der Waals surface area (Å²) in [6, 6.07) is 9.87. The molecule has 1 aliphatic heterocycles. The molecule has 0 aromatic heterocycles. The molecule has 1 aliphatic rings. The fraction of sp³-hybridized carbons (Fsp3) is 0.318. The molecule has 0 spiro atoms. The van der Waals surface area contributed by atoms with Gasteiger partial charge in [0, 0.05) is 5.69 Å². The first-order chi connectivity index (χ1) is 13.3. The summed E-state index contributed by atoms with van der Waals surface area (Å²) in [5.41, 5.74) is 4.48. The summed E-state index contributed by atoms with van der Waals surface area (Å²) in [7, 11) is 0. The van der Waals surface area contributed by atoms with Crippen LogP contribution in [0.4, 0.5) is 5.69 Å². The lowest BCUT2D eigenvalue weighted by molar-refractivity contribution is -0.120. The van der Waals surface area contributed by atoms with Crippen molar-refractivity contribution in [3.8, 4) is 0 Å². The summed E-state index contributed by atoms with van der Waals surface area (Å²) in [6.45, 7) is 5.88. The van der Waals surface area contributed by atoms with Crippen LogP contribution in [0, 0.1) is 20.8 Å². The Morgan fingerprint density at radius 1 is 1.04 bits per heavy atom. The van der Waals surface area contributed by atoms with Crippen molar-refractivity contribution in [1.82, 2.24) is 4.90 Å². The number of anilines is 1. The normalized spacial score (nSPS) is 14.2. The van der Waals surface area contributed by atoms with E-state index in [-0.39, 0.29) is 5.91 Å². The molecule has 6 heteroatoms. The fourth-order valence-electron chi connectivity index (χ4n) is 3.68. The molecule has 3 rings (SSSR count). The summed E-state index contributed by atoms with van der Waals surface area (Å²) >= 11 is 1.58. The molecule has 5 nitrogen and oxygen atoms in total. The Hall–Kier alpha value is -2.60. The summed E-state index contributed by atoms with van der Waals surface area (Å²) in [5.74, 6) is -0.478. The molecule has 2 aromatic carbocycles. The molecular weight excluding hydrogens is 372 g/mol. The first-order valence-corrected chi connectivity index (χ1v) is 10.6. The second kappa shape index (κ2) is 8.19. The molecule has 28 heavy (non-hydrogen) atoms. The minimum atomic E-state index is -0.847. The Morgan fingerprint density at radius 3 is 2.07 bits per heavy atom. The van der Waals surface area contributed by atoms with E-state index in [9.17, 15) is 14.4 Å². The number of imide groups is 1. The summed E-state index contributed by atoms with van der Waals surface area (Å²) in [5, 5.41) is 2.97. The van der Waals surface area contributed by atoms with Crippen LogP contribution in [-0.2, 0) is 4.79 Å². The maximum atomic E-state index is 13.2. The number of amides is 3. The Morgan fingerprint density at radius 2 is 1.57 bits per heavy atom. The summed E-state index contributed by atoms with van der Waals surface area (Å²) in [6.07, 6.45) is 2.34. The van der Waals surface area contributed by atoms with Gasteiger partial charge in [0.1, 0.15) is 6.04 Å². The smallest absolute Gasteiger partial charge is 0.262 e. The molecule has 0 unspecified atom stereocenters. The highest BCUT2D eigenvalue weighted by molar-refractivity contribution is 7.98. The predicted octanol–water partition coefficient (Wildman–Crippen LogP) is 3.97. The molecule has 0 fully saturated rings. The van der Waals surface area contributed by atoms with E-state index in [4.69, 9.17) is 0 Å². The lowest BCUT2D eigenvalue weighted by atomic mass is 10.0. The van der Waals surface area contributed by atoms with E-state index in [0.29, 0.717) is 23.3 Å². The lowest BCUT2D eigenvalue weighted by Gasteiger charge is -2.26. The number of fused-ring (bicyclic) bond motifs is 1. The molecule has 0 aliphatic carbocycles. The Labute approximate surface area is 169 Å². The van der Waals surface area contributed by atoms with Crippen molar-refractivity contribution in [3.05, 3.63) is 64.2 Å². The molecular formula is C22H24N2O3S. The van der Waals surface area contributed by atoms with Gasteiger partial charge in [-0.3, -0.25) is 19.3 Å². The average molecular weight is 397 g/mol. The molecule has 2 aromatic rings. The molecule has 3 amide bonds. The number of thioether (sulfide) groups is 1. The van der Waals surface area contributed by atoms with Crippen LogP contribution >= 0.6 is 11.8 Å². The molecule has 0 saturated carbocycles. The molecule has 0 saturated heterocycles. The van der Waals surface area contributed by atoms with Gasteiger partial charge in [0.2, 0.25) is 5.91 Å². The number of carbonyl (C=O) groups is 3. The monoisotopic (exact) mass is 396 g/mol. The van der Waals surface area contributed by atoms with Crippen molar-refractivity contribution in [2.24, 2.45) is 0 Å². The van der Waals surface area contributed by atoms with Gasteiger partial charge in [0.05, 0.1) is 11.1 Å². The van der Waals surface area contributed by atoms with E-state index < -0.39 is 17.9 Å². The number of nitrogens with one attached hydrogen (secondary N) is 1. The zero-order valence-electron chi connectivity index (χ0n) is 16.5. The van der Waals surface area contributed by atoms with Gasteiger partial charge in [-0.2, -0.15) is 11.8 Å². The fourth-order valence-corrected chi connectivity index (χ4v) is 4.14. The van der Waals surface area contributed by atoms with Crippen LogP contribution in [0.3, 0.4) is 0 Å². The number of carbonyl (C=O) groups excluding carboxylic acids is 3. The highest BCUT2D eigenvalue weighted by Gasteiger charge is 2.42. The van der Waals surface area contributed by atoms with Crippen LogP contribution in [0.5, 0.6) is 0 Å². The second-order valence-corrected chi connectivity index (χ2v) is 8.07. The Balaban J connectivity index is 1.92. The highest BCUT2D eigenvalue weighted by atomic mass is 32.2. The van der Waals surface area contributed by atoms with Crippen molar-refractivity contribution in [3.63, 3.8) is 0 Å². The number of aryl methyl sites for hydroxylation is 3. The first kappa shape index (κ1) is 20.1. The quantitative estimate of drug-likeness (QED) is 0.751. The van der Waals surface area contributed by atoms with Gasteiger partial charge in [-0.15, -0.1) is 0 Å². The Kier molecular flexibility index (Phi) is 5.89. The van der Waals surface area contributed by atoms with Crippen molar-refractivity contribution in [1.29, 1.82) is 0 Å². The minimum absolute atomic E-state index is 0.335. The number of benzene rings is 2. The molecule has 0 radical (unpaired) electrons. The van der Waals surface area contributed by atoms with E-state index in [1.807, 2.05) is 39.2 Å². The van der Waals surface area contributed by atoms with Gasteiger partial charge in [0.25, 0.3) is 11.8 Å². The maximum Gasteiger partial charge on any atom is 0.262 e. The molecule has 1 N–H and O–H groups in total. The second-order valence-electron chi connectivity index (χ2n) is 7.09. The van der Waals surface area contributed by atoms with Gasteiger partial charge in [-0.05, 0) is 62.5 Å². The molecule has 0 bridgehead atoms. The van der Waals surface area contributed by atoms with E-state index in [2.05, 4.69) is 5.32 Å². The maximum absolute atomic E-state index is 13.2. The summed E-state index contributed by atoms with van der Waals surface area (Å²) < 4.78 is 0. The zero-order chi connectivity index (χ0) is 20.4. The predicted molar refractivity (Wildman–Crippen MR) is 113 cm³/mol. The average Bonchev–Trinajstić information content (AvgIpc) is 2.90. The van der Waals surface area contributed by atoms with Crippen LogP contribution in [0.1, 0.15) is 43.8 Å². The Bertz CT molecular complexity index is 897. The summed E-state index contributed by atoms with van der Waals surface area (Å²) in [4.78, 5) is 40.0. The number of nitrogens with zero attached hydrogens (tertiary/aromatic N) is 1. The van der Waals surface area contributed by atoms with Gasteiger partial charge < -0.3 is 5.32 Å². The van der Waals surface area contributed by atoms with E-state index >= 15 is 0 Å². The zero-order valence-corrected chi connectivity index (χ0v) is 17.4. The van der Waals surface area contributed by atoms with Crippen LogP contribution in [0.15, 0.2) is 36.4 Å². The molecule has 1 atom stereocenters. The van der Waals surface area contributed by atoms with Gasteiger partial charge >= 0.3 is 0 Å². The number of hydrogen-bond acceptors (Lipinski definition) is 4. The minimum Gasteiger partial charge on any atom is -0.324 e. The third kappa shape index (κ3) is 3.69. The van der Waals surface area contributed by atoms with Crippen LogP contribution < -0.4 is 5.32 Å². The molecule has 146 valence electrons. The molecule has 1 heterocycles. The SMILES string of the molecule is CSCC[C@@H](C(=O)Nc1c(C)cc(C)cc1C)N1C(=O)c2ccccc2C1=O. The van der Waals surface area contributed by atoms with Crippen molar-refractivity contribution >= 4 is 35.2 Å². The number of rotatable bonds is 6.